The number of alkyl halides is 5. The number of nitrogens with two attached hydrogens (primary N) is 1. The van der Waals surface area contributed by atoms with Gasteiger partial charge in [-0.05, 0) is 11.1 Å². The first-order chi connectivity index (χ1) is 7.70. The van der Waals surface area contributed by atoms with E-state index in [1.165, 1.54) is 0 Å². The standard InChI is InChI=1S/C11H10F5N/c1-7(6-17)8-2-4-9(5-3-8)10(12,13)11(14,15)16/h2-5H,1,6,17H2. The van der Waals surface area contributed by atoms with Gasteiger partial charge < -0.3 is 5.73 Å². The summed E-state index contributed by atoms with van der Waals surface area (Å²) in [6.07, 6.45) is -5.60. The Hall–Kier alpha value is -1.43. The molecule has 94 valence electrons. The lowest BCUT2D eigenvalue weighted by molar-refractivity contribution is -0.289. The van der Waals surface area contributed by atoms with Gasteiger partial charge in [-0.15, -0.1) is 0 Å². The predicted octanol–water partition coefficient (Wildman–Crippen LogP) is 3.31. The van der Waals surface area contributed by atoms with Gasteiger partial charge in [-0.3, -0.25) is 0 Å². The van der Waals surface area contributed by atoms with Crippen LogP contribution in [0.3, 0.4) is 0 Å². The summed E-state index contributed by atoms with van der Waals surface area (Å²) in [6.45, 7) is 3.66. The van der Waals surface area contributed by atoms with Crippen LogP contribution in [0.5, 0.6) is 0 Å². The zero-order valence-corrected chi connectivity index (χ0v) is 8.69. The first kappa shape index (κ1) is 13.6. The lowest BCUT2D eigenvalue weighted by atomic mass is 10.0. The third kappa shape index (κ3) is 2.63. The minimum Gasteiger partial charge on any atom is -0.326 e. The van der Waals surface area contributed by atoms with E-state index in [2.05, 4.69) is 6.58 Å². The van der Waals surface area contributed by atoms with Gasteiger partial charge in [0.2, 0.25) is 0 Å². The van der Waals surface area contributed by atoms with Gasteiger partial charge in [-0.25, -0.2) is 0 Å². The predicted molar refractivity (Wildman–Crippen MR) is 54.5 cm³/mol. The summed E-state index contributed by atoms with van der Waals surface area (Å²) in [5.74, 6) is -4.85. The van der Waals surface area contributed by atoms with Crippen LogP contribution < -0.4 is 5.73 Å². The van der Waals surface area contributed by atoms with Crippen LogP contribution >= 0.6 is 0 Å². The highest BCUT2D eigenvalue weighted by Crippen LogP contribution is 2.43. The lowest BCUT2D eigenvalue weighted by Crippen LogP contribution is -2.33. The molecule has 0 aliphatic rings. The SMILES string of the molecule is C=C(CN)c1ccc(C(F)(F)C(F)(F)F)cc1. The summed E-state index contributed by atoms with van der Waals surface area (Å²) in [7, 11) is 0. The molecule has 1 nitrogen and oxygen atoms in total. The molecule has 0 unspecified atom stereocenters. The maximum atomic E-state index is 12.9. The van der Waals surface area contributed by atoms with Crippen LogP contribution in [0.15, 0.2) is 30.8 Å². The molecule has 0 aliphatic heterocycles. The van der Waals surface area contributed by atoms with Gasteiger partial charge in [-0.2, -0.15) is 22.0 Å². The summed E-state index contributed by atoms with van der Waals surface area (Å²) in [4.78, 5) is 0. The summed E-state index contributed by atoms with van der Waals surface area (Å²) in [6, 6.07) is 3.74. The van der Waals surface area contributed by atoms with Crippen molar-refractivity contribution in [1.82, 2.24) is 0 Å². The number of halogens is 5. The molecule has 17 heavy (non-hydrogen) atoms. The average molecular weight is 251 g/mol. The minimum absolute atomic E-state index is 0.106. The Kier molecular flexibility index (Phi) is 3.56. The van der Waals surface area contributed by atoms with Crippen molar-refractivity contribution in [2.45, 2.75) is 12.1 Å². The van der Waals surface area contributed by atoms with Gasteiger partial charge in [0.05, 0.1) is 0 Å². The topological polar surface area (TPSA) is 26.0 Å². The van der Waals surface area contributed by atoms with Crippen LogP contribution in [0, 0.1) is 0 Å². The van der Waals surface area contributed by atoms with Crippen LogP contribution in [0.2, 0.25) is 0 Å². The maximum Gasteiger partial charge on any atom is 0.458 e. The van der Waals surface area contributed by atoms with E-state index in [0.717, 1.165) is 24.3 Å². The van der Waals surface area contributed by atoms with E-state index in [-0.39, 0.29) is 6.54 Å². The first-order valence-electron chi connectivity index (χ1n) is 4.63. The van der Waals surface area contributed by atoms with E-state index in [9.17, 15) is 22.0 Å². The molecule has 0 radical (unpaired) electrons. The van der Waals surface area contributed by atoms with Crippen molar-refractivity contribution in [2.75, 3.05) is 6.54 Å². The monoisotopic (exact) mass is 251 g/mol. The zero-order chi connectivity index (χ0) is 13.3. The van der Waals surface area contributed by atoms with Crippen molar-refractivity contribution in [2.24, 2.45) is 5.73 Å². The maximum absolute atomic E-state index is 12.9. The van der Waals surface area contributed by atoms with Crippen LogP contribution in [-0.2, 0) is 5.92 Å². The summed E-state index contributed by atoms with van der Waals surface area (Å²) < 4.78 is 62.0. The number of hydrogen-bond donors (Lipinski definition) is 1. The third-order valence-corrected chi connectivity index (χ3v) is 2.26. The molecule has 0 aliphatic carbocycles. The lowest BCUT2D eigenvalue weighted by Gasteiger charge is -2.20. The fourth-order valence-electron chi connectivity index (χ4n) is 1.20. The number of hydrogen-bond acceptors (Lipinski definition) is 1. The molecular formula is C11H10F5N. The van der Waals surface area contributed by atoms with Gasteiger partial charge in [0.25, 0.3) is 0 Å². The van der Waals surface area contributed by atoms with Crippen molar-refractivity contribution in [1.29, 1.82) is 0 Å². The number of benzene rings is 1. The molecule has 2 N–H and O–H groups in total. The molecule has 0 aromatic heterocycles. The second kappa shape index (κ2) is 4.44. The van der Waals surface area contributed by atoms with Crippen LogP contribution in [0.1, 0.15) is 11.1 Å². The zero-order valence-electron chi connectivity index (χ0n) is 8.69. The Balaban J connectivity index is 3.07. The van der Waals surface area contributed by atoms with Gasteiger partial charge in [0.15, 0.2) is 0 Å². The molecule has 1 aromatic rings. The summed E-state index contributed by atoms with van der Waals surface area (Å²) in [5, 5.41) is 0. The molecule has 0 bridgehead atoms. The van der Waals surface area contributed by atoms with E-state index in [0.29, 0.717) is 11.1 Å². The Bertz CT molecular complexity index is 405. The highest BCUT2D eigenvalue weighted by atomic mass is 19.4. The average Bonchev–Trinajstić information content (AvgIpc) is 2.26. The minimum atomic E-state index is -5.60. The molecule has 0 spiro atoms. The van der Waals surface area contributed by atoms with E-state index >= 15 is 0 Å². The molecule has 0 atom stereocenters. The molecular weight excluding hydrogens is 241 g/mol. The molecule has 0 amide bonds. The molecule has 6 heteroatoms. The number of rotatable bonds is 3. The Morgan fingerprint density at radius 2 is 1.53 bits per heavy atom. The fraction of sp³-hybridized carbons (Fsp3) is 0.273. The van der Waals surface area contributed by atoms with E-state index in [1.54, 1.807) is 0 Å². The molecule has 1 rings (SSSR count). The van der Waals surface area contributed by atoms with E-state index < -0.39 is 17.7 Å². The largest absolute Gasteiger partial charge is 0.458 e. The van der Waals surface area contributed by atoms with Gasteiger partial charge in [-0.1, -0.05) is 30.8 Å². The van der Waals surface area contributed by atoms with Crippen molar-refractivity contribution in [3.8, 4) is 0 Å². The highest BCUT2D eigenvalue weighted by molar-refractivity contribution is 5.64. The van der Waals surface area contributed by atoms with Crippen LogP contribution in [-0.4, -0.2) is 12.7 Å². The molecule has 0 saturated heterocycles. The van der Waals surface area contributed by atoms with Crippen LogP contribution in [0.4, 0.5) is 22.0 Å². The van der Waals surface area contributed by atoms with Crippen LogP contribution in [0.25, 0.3) is 5.57 Å². The highest BCUT2D eigenvalue weighted by Gasteiger charge is 2.58. The fourth-order valence-corrected chi connectivity index (χ4v) is 1.20. The van der Waals surface area contributed by atoms with Crippen molar-refractivity contribution < 1.29 is 22.0 Å². The second-order valence-corrected chi connectivity index (χ2v) is 3.46. The smallest absolute Gasteiger partial charge is 0.326 e. The summed E-state index contributed by atoms with van der Waals surface area (Å²) >= 11 is 0. The third-order valence-electron chi connectivity index (χ3n) is 2.26. The van der Waals surface area contributed by atoms with Crippen molar-refractivity contribution >= 4 is 5.57 Å². The molecule has 0 fully saturated rings. The quantitative estimate of drug-likeness (QED) is 0.819. The first-order valence-corrected chi connectivity index (χ1v) is 4.63. The summed E-state index contributed by atoms with van der Waals surface area (Å²) in [5.41, 5.74) is 5.07. The van der Waals surface area contributed by atoms with Crippen molar-refractivity contribution in [3.63, 3.8) is 0 Å². The second-order valence-electron chi connectivity index (χ2n) is 3.46. The van der Waals surface area contributed by atoms with Gasteiger partial charge in [0.1, 0.15) is 0 Å². The van der Waals surface area contributed by atoms with E-state index in [4.69, 9.17) is 5.73 Å². The van der Waals surface area contributed by atoms with Crippen molar-refractivity contribution in [3.05, 3.63) is 42.0 Å². The normalized spacial score (nSPS) is 12.6. The molecule has 0 saturated carbocycles. The van der Waals surface area contributed by atoms with E-state index in [1.807, 2.05) is 0 Å². The Morgan fingerprint density at radius 1 is 1.06 bits per heavy atom. The molecule has 0 heterocycles. The Morgan fingerprint density at radius 3 is 1.88 bits per heavy atom. The van der Waals surface area contributed by atoms with Gasteiger partial charge >= 0.3 is 12.1 Å². The molecule has 1 aromatic carbocycles. The Labute approximate surface area is 94.7 Å². The van der Waals surface area contributed by atoms with Gasteiger partial charge in [0, 0.05) is 12.1 Å².